The second-order valence-electron chi connectivity index (χ2n) is 7.68. The van der Waals surface area contributed by atoms with E-state index in [4.69, 9.17) is 9.84 Å². The van der Waals surface area contributed by atoms with Crippen LogP contribution >= 0.6 is 0 Å². The zero-order chi connectivity index (χ0) is 20.3. The van der Waals surface area contributed by atoms with E-state index < -0.39 is 5.97 Å². The number of carboxylic acids is 1. The van der Waals surface area contributed by atoms with Gasteiger partial charge in [0.25, 0.3) is 0 Å². The van der Waals surface area contributed by atoms with E-state index in [0.29, 0.717) is 5.75 Å². The molecule has 0 unspecified atom stereocenters. The quantitative estimate of drug-likeness (QED) is 0.204. The van der Waals surface area contributed by atoms with Crippen molar-refractivity contribution < 1.29 is 14.6 Å². The molecule has 0 spiro atoms. The molecule has 3 nitrogen and oxygen atoms in total. The lowest BCUT2D eigenvalue weighted by molar-refractivity contribution is 0.0694. The van der Waals surface area contributed by atoms with E-state index in [2.05, 4.69) is 6.92 Å². The first-order chi connectivity index (χ1) is 13.8. The van der Waals surface area contributed by atoms with Crippen molar-refractivity contribution in [3.63, 3.8) is 0 Å². The monoisotopic (exact) mass is 388 g/mol. The van der Waals surface area contributed by atoms with Crippen LogP contribution in [0.2, 0.25) is 0 Å². The summed E-state index contributed by atoms with van der Waals surface area (Å²) in [6.07, 6.45) is 23.7. The molecule has 0 aliphatic heterocycles. The molecule has 0 aliphatic rings. The minimum Gasteiger partial charge on any atom is -0.478 e. The molecule has 0 saturated heterocycles. The van der Waals surface area contributed by atoms with Crippen LogP contribution in [0.15, 0.2) is 36.6 Å². The van der Waals surface area contributed by atoms with E-state index in [0.717, 1.165) is 12.8 Å². The molecule has 0 saturated carbocycles. The fourth-order valence-electron chi connectivity index (χ4n) is 3.39. The summed E-state index contributed by atoms with van der Waals surface area (Å²) in [6.45, 7) is 2.27. The third-order valence-electron chi connectivity index (χ3n) is 5.13. The number of carbonyl (C=O) groups is 1. The fourth-order valence-corrected chi connectivity index (χ4v) is 3.39. The van der Waals surface area contributed by atoms with Crippen molar-refractivity contribution in [1.82, 2.24) is 0 Å². The normalized spacial score (nSPS) is 11.2. The van der Waals surface area contributed by atoms with Crippen molar-refractivity contribution >= 4 is 5.97 Å². The Morgan fingerprint density at radius 1 is 0.821 bits per heavy atom. The first-order valence-corrected chi connectivity index (χ1v) is 11.4. The Hall–Kier alpha value is -1.77. The van der Waals surface area contributed by atoms with E-state index in [-0.39, 0.29) is 5.56 Å². The zero-order valence-corrected chi connectivity index (χ0v) is 17.8. The summed E-state index contributed by atoms with van der Waals surface area (Å²) in [4.78, 5) is 11.1. The van der Waals surface area contributed by atoms with Crippen molar-refractivity contribution in [2.45, 2.75) is 103 Å². The van der Waals surface area contributed by atoms with Gasteiger partial charge >= 0.3 is 5.97 Å². The Balaban J connectivity index is 1.89. The van der Waals surface area contributed by atoms with Crippen molar-refractivity contribution in [3.8, 4) is 5.75 Å². The summed E-state index contributed by atoms with van der Waals surface area (Å²) in [5.41, 5.74) is 0.198. The third kappa shape index (κ3) is 12.6. The van der Waals surface area contributed by atoms with Crippen LogP contribution in [0.5, 0.6) is 5.75 Å². The number of allylic oxidation sites excluding steroid dienone is 1. The summed E-state index contributed by atoms with van der Waals surface area (Å²) in [7, 11) is 0. The molecule has 0 bridgehead atoms. The van der Waals surface area contributed by atoms with Gasteiger partial charge < -0.3 is 9.84 Å². The number of para-hydroxylation sites is 1. The lowest BCUT2D eigenvalue weighted by Gasteiger charge is -2.04. The number of carboxylic acid groups (broad SMARTS) is 1. The van der Waals surface area contributed by atoms with Crippen molar-refractivity contribution in [2.24, 2.45) is 0 Å². The highest BCUT2D eigenvalue weighted by Gasteiger charge is 2.08. The molecule has 0 atom stereocenters. The molecule has 28 heavy (non-hydrogen) atoms. The number of aromatic carboxylic acids is 1. The molecule has 1 rings (SSSR count). The van der Waals surface area contributed by atoms with Crippen LogP contribution in [-0.4, -0.2) is 11.1 Å². The first kappa shape index (κ1) is 24.3. The Morgan fingerprint density at radius 3 is 1.86 bits per heavy atom. The molecular weight excluding hydrogens is 348 g/mol. The summed E-state index contributed by atoms with van der Waals surface area (Å²) >= 11 is 0. The molecule has 1 N–H and O–H groups in total. The molecule has 0 aliphatic carbocycles. The maximum atomic E-state index is 11.1. The highest BCUT2D eigenvalue weighted by molar-refractivity contribution is 5.90. The van der Waals surface area contributed by atoms with Gasteiger partial charge in [-0.1, -0.05) is 103 Å². The second kappa shape index (κ2) is 17.3. The van der Waals surface area contributed by atoms with Crippen LogP contribution in [0.3, 0.4) is 0 Å². The van der Waals surface area contributed by atoms with E-state index in [1.54, 1.807) is 30.5 Å². The lowest BCUT2D eigenvalue weighted by atomic mass is 10.0. The van der Waals surface area contributed by atoms with Gasteiger partial charge in [-0.15, -0.1) is 0 Å². The molecule has 3 heteroatoms. The van der Waals surface area contributed by atoms with Crippen LogP contribution in [0, 0.1) is 0 Å². The van der Waals surface area contributed by atoms with Gasteiger partial charge in [0, 0.05) is 0 Å². The molecule has 1 aromatic carbocycles. The molecule has 0 heterocycles. The standard InChI is InChI=1S/C25H40O3/c1-2-3-4-5-6-7-8-9-10-11-12-13-14-15-16-19-22-28-24-21-18-17-20-23(24)25(26)27/h17-22H,2-16H2,1H3,(H,26,27). The van der Waals surface area contributed by atoms with Crippen LogP contribution < -0.4 is 4.74 Å². The SMILES string of the molecule is CCCCCCCCCCCCCCCCC=COc1ccccc1C(=O)O. The number of ether oxygens (including phenoxy) is 1. The van der Waals surface area contributed by atoms with Crippen LogP contribution in [-0.2, 0) is 0 Å². The maximum absolute atomic E-state index is 11.1. The van der Waals surface area contributed by atoms with E-state index in [9.17, 15) is 4.79 Å². The molecule has 0 aromatic heterocycles. The number of hydrogen-bond donors (Lipinski definition) is 1. The summed E-state index contributed by atoms with van der Waals surface area (Å²) in [6, 6.07) is 6.72. The number of benzene rings is 1. The number of unbranched alkanes of at least 4 members (excludes halogenated alkanes) is 14. The van der Waals surface area contributed by atoms with Crippen molar-refractivity contribution in [2.75, 3.05) is 0 Å². The zero-order valence-electron chi connectivity index (χ0n) is 17.8. The van der Waals surface area contributed by atoms with Gasteiger partial charge in [-0.2, -0.15) is 0 Å². The van der Waals surface area contributed by atoms with Crippen molar-refractivity contribution in [3.05, 3.63) is 42.2 Å². The number of hydrogen-bond acceptors (Lipinski definition) is 2. The summed E-state index contributed by atoms with van der Waals surface area (Å²) < 4.78 is 5.46. The Bertz CT molecular complexity index is 536. The molecular formula is C25H40O3. The van der Waals surface area contributed by atoms with Crippen LogP contribution in [0.25, 0.3) is 0 Å². The lowest BCUT2D eigenvalue weighted by Crippen LogP contribution is -1.99. The van der Waals surface area contributed by atoms with Crippen LogP contribution in [0.4, 0.5) is 0 Å². The van der Waals surface area contributed by atoms with Crippen LogP contribution in [0.1, 0.15) is 114 Å². The molecule has 0 radical (unpaired) electrons. The largest absolute Gasteiger partial charge is 0.478 e. The van der Waals surface area contributed by atoms with E-state index in [1.165, 1.54) is 83.5 Å². The average Bonchev–Trinajstić information content (AvgIpc) is 2.70. The van der Waals surface area contributed by atoms with Gasteiger partial charge in [-0.3, -0.25) is 0 Å². The first-order valence-electron chi connectivity index (χ1n) is 11.4. The van der Waals surface area contributed by atoms with Gasteiger partial charge in [-0.25, -0.2) is 4.79 Å². The van der Waals surface area contributed by atoms with Gasteiger partial charge in [0.15, 0.2) is 0 Å². The highest BCUT2D eigenvalue weighted by atomic mass is 16.5. The van der Waals surface area contributed by atoms with E-state index in [1.807, 2.05) is 6.08 Å². The number of rotatable bonds is 18. The second-order valence-corrected chi connectivity index (χ2v) is 7.68. The maximum Gasteiger partial charge on any atom is 0.339 e. The van der Waals surface area contributed by atoms with E-state index >= 15 is 0 Å². The Labute approximate surface area is 172 Å². The predicted molar refractivity (Wildman–Crippen MR) is 118 cm³/mol. The molecule has 158 valence electrons. The van der Waals surface area contributed by atoms with Gasteiger partial charge in [-0.05, 0) is 31.1 Å². The molecule has 0 fully saturated rings. The van der Waals surface area contributed by atoms with Gasteiger partial charge in [0.2, 0.25) is 0 Å². The predicted octanol–water partition coefficient (Wildman–Crippen LogP) is 8.15. The topological polar surface area (TPSA) is 46.5 Å². The Kier molecular flexibility index (Phi) is 15.0. The Morgan fingerprint density at radius 2 is 1.32 bits per heavy atom. The highest BCUT2D eigenvalue weighted by Crippen LogP contribution is 2.18. The summed E-state index contributed by atoms with van der Waals surface area (Å²) in [5, 5.41) is 9.11. The smallest absolute Gasteiger partial charge is 0.339 e. The van der Waals surface area contributed by atoms with Gasteiger partial charge in [0.05, 0.1) is 6.26 Å². The van der Waals surface area contributed by atoms with Crippen molar-refractivity contribution in [1.29, 1.82) is 0 Å². The molecule has 0 amide bonds. The molecule has 1 aromatic rings. The summed E-state index contributed by atoms with van der Waals surface area (Å²) in [5.74, 6) is -0.566. The van der Waals surface area contributed by atoms with Gasteiger partial charge in [0.1, 0.15) is 11.3 Å². The minimum absolute atomic E-state index is 0.198. The fraction of sp³-hybridized carbons (Fsp3) is 0.640. The average molecular weight is 389 g/mol. The minimum atomic E-state index is -0.962. The third-order valence-corrected chi connectivity index (χ3v) is 5.13.